The van der Waals surface area contributed by atoms with Crippen molar-refractivity contribution in [2.24, 2.45) is 5.73 Å². The molecule has 10 heavy (non-hydrogen) atoms. The molecule has 3 nitrogen and oxygen atoms in total. The molecule has 2 N–H and O–H groups in total. The molecule has 0 amide bonds. The summed E-state index contributed by atoms with van der Waals surface area (Å²) in [5, 5.41) is 3.62. The molecule has 0 spiro atoms. The van der Waals surface area contributed by atoms with Crippen molar-refractivity contribution in [2.45, 2.75) is 12.4 Å². The predicted octanol–water partition coefficient (Wildman–Crippen LogP) is 1.29. The first-order valence-corrected chi connectivity index (χ1v) is 3.10. The first kappa shape index (κ1) is 9.75. The lowest BCUT2D eigenvalue weighted by Gasteiger charge is -1.77. The summed E-state index contributed by atoms with van der Waals surface area (Å²) >= 11 is 5.43. The summed E-state index contributed by atoms with van der Waals surface area (Å²) in [5.74, 6) is 1.05. The standard InChI is InChI=1S/C5H7ClN2O.ClH/c6-2-4-1-5(3-7)9-8-4;/h1H,2-3,7H2;1H. The molecule has 0 atom stereocenters. The third-order valence-corrected chi connectivity index (χ3v) is 1.22. The van der Waals surface area contributed by atoms with Crippen LogP contribution in [0.1, 0.15) is 11.5 Å². The fourth-order valence-electron chi connectivity index (χ4n) is 0.515. The number of aromatic nitrogens is 1. The summed E-state index contributed by atoms with van der Waals surface area (Å²) in [6, 6.07) is 1.74. The third-order valence-electron chi connectivity index (χ3n) is 0.946. The number of alkyl halides is 1. The molecule has 1 aromatic rings. The molecule has 0 saturated heterocycles. The Labute approximate surface area is 69.9 Å². The SMILES string of the molecule is Cl.NCc1cc(CCl)no1. The maximum Gasteiger partial charge on any atom is 0.150 e. The third kappa shape index (κ3) is 2.17. The molecule has 1 rings (SSSR count). The molecule has 1 heterocycles. The Morgan fingerprint density at radius 2 is 2.40 bits per heavy atom. The molecule has 0 aromatic carbocycles. The molecule has 0 fully saturated rings. The van der Waals surface area contributed by atoms with Gasteiger partial charge in [0, 0.05) is 6.07 Å². The zero-order valence-electron chi connectivity index (χ0n) is 5.21. The van der Waals surface area contributed by atoms with Crippen LogP contribution < -0.4 is 5.73 Å². The van der Waals surface area contributed by atoms with Crippen LogP contribution in [0, 0.1) is 0 Å². The zero-order chi connectivity index (χ0) is 6.69. The minimum atomic E-state index is 0. The molecule has 0 aliphatic rings. The Kier molecular flexibility index (Phi) is 4.43. The van der Waals surface area contributed by atoms with Crippen LogP contribution in [0.3, 0.4) is 0 Å². The lowest BCUT2D eigenvalue weighted by Crippen LogP contribution is -1.92. The lowest BCUT2D eigenvalue weighted by molar-refractivity contribution is 0.380. The molecule has 0 aliphatic heterocycles. The second-order valence-electron chi connectivity index (χ2n) is 1.62. The van der Waals surface area contributed by atoms with Gasteiger partial charge in [-0.1, -0.05) is 5.16 Å². The van der Waals surface area contributed by atoms with Crippen molar-refractivity contribution in [1.29, 1.82) is 0 Å². The van der Waals surface area contributed by atoms with Crippen LogP contribution in [0.5, 0.6) is 0 Å². The van der Waals surface area contributed by atoms with Gasteiger partial charge in [0.1, 0.15) is 0 Å². The van der Waals surface area contributed by atoms with Crippen molar-refractivity contribution in [2.75, 3.05) is 0 Å². The monoisotopic (exact) mass is 182 g/mol. The number of hydrogen-bond acceptors (Lipinski definition) is 3. The van der Waals surface area contributed by atoms with Gasteiger partial charge in [-0.05, 0) is 0 Å². The molecule has 1 aromatic heterocycles. The van der Waals surface area contributed by atoms with Gasteiger partial charge in [-0.2, -0.15) is 0 Å². The van der Waals surface area contributed by atoms with Crippen LogP contribution in [-0.2, 0) is 12.4 Å². The van der Waals surface area contributed by atoms with E-state index in [9.17, 15) is 0 Å². The van der Waals surface area contributed by atoms with Gasteiger partial charge in [-0.15, -0.1) is 24.0 Å². The van der Waals surface area contributed by atoms with E-state index in [1.54, 1.807) is 6.07 Å². The summed E-state index contributed by atoms with van der Waals surface area (Å²) < 4.78 is 4.75. The fraction of sp³-hybridized carbons (Fsp3) is 0.400. The number of halogens is 2. The van der Waals surface area contributed by atoms with Crippen LogP contribution in [0.2, 0.25) is 0 Å². The summed E-state index contributed by atoms with van der Waals surface area (Å²) in [6.07, 6.45) is 0. The second-order valence-corrected chi connectivity index (χ2v) is 1.89. The van der Waals surface area contributed by atoms with Crippen molar-refractivity contribution in [3.8, 4) is 0 Å². The summed E-state index contributed by atoms with van der Waals surface area (Å²) in [4.78, 5) is 0. The Hall–Kier alpha value is -0.250. The Morgan fingerprint density at radius 3 is 2.70 bits per heavy atom. The smallest absolute Gasteiger partial charge is 0.150 e. The average molecular weight is 183 g/mol. The van der Waals surface area contributed by atoms with Crippen LogP contribution in [0.25, 0.3) is 0 Å². The minimum absolute atomic E-state index is 0. The maximum atomic E-state index is 5.43. The van der Waals surface area contributed by atoms with Crippen LogP contribution >= 0.6 is 24.0 Å². The highest BCUT2D eigenvalue weighted by Crippen LogP contribution is 2.04. The molecular weight excluding hydrogens is 175 g/mol. The zero-order valence-corrected chi connectivity index (χ0v) is 6.78. The average Bonchev–Trinajstić information content (AvgIpc) is 2.34. The van der Waals surface area contributed by atoms with Gasteiger partial charge in [0.05, 0.1) is 18.1 Å². The molecule has 0 bridgehead atoms. The van der Waals surface area contributed by atoms with E-state index in [1.165, 1.54) is 0 Å². The Balaban J connectivity index is 0.000000810. The second kappa shape index (κ2) is 4.55. The van der Waals surface area contributed by atoms with Crippen molar-refractivity contribution in [3.63, 3.8) is 0 Å². The Morgan fingerprint density at radius 1 is 1.70 bits per heavy atom. The minimum Gasteiger partial charge on any atom is -0.360 e. The van der Waals surface area contributed by atoms with Crippen molar-refractivity contribution < 1.29 is 4.52 Å². The molecule has 0 aliphatic carbocycles. The van der Waals surface area contributed by atoms with Crippen LogP contribution in [0.4, 0.5) is 0 Å². The molecular formula is C5H8Cl2N2O. The molecule has 0 saturated carbocycles. The van der Waals surface area contributed by atoms with Gasteiger partial charge in [0.2, 0.25) is 0 Å². The topological polar surface area (TPSA) is 52.0 Å². The van der Waals surface area contributed by atoms with E-state index in [2.05, 4.69) is 5.16 Å². The number of nitrogens with two attached hydrogens (primary N) is 1. The normalized spacial score (nSPS) is 9.00. The van der Waals surface area contributed by atoms with E-state index in [0.717, 1.165) is 5.69 Å². The fourth-order valence-corrected chi connectivity index (χ4v) is 0.641. The molecule has 5 heteroatoms. The van der Waals surface area contributed by atoms with Gasteiger partial charge >= 0.3 is 0 Å². The lowest BCUT2D eigenvalue weighted by atomic mass is 10.4. The first-order chi connectivity index (χ1) is 4.36. The predicted molar refractivity (Wildman–Crippen MR) is 41.2 cm³/mol. The highest BCUT2D eigenvalue weighted by Gasteiger charge is 1.98. The van der Waals surface area contributed by atoms with Gasteiger partial charge in [-0.3, -0.25) is 0 Å². The largest absolute Gasteiger partial charge is 0.360 e. The summed E-state index contributed by atoms with van der Waals surface area (Å²) in [6.45, 7) is 0.379. The van der Waals surface area contributed by atoms with E-state index < -0.39 is 0 Å². The molecule has 58 valence electrons. The first-order valence-electron chi connectivity index (χ1n) is 2.57. The number of rotatable bonds is 2. The quantitative estimate of drug-likeness (QED) is 0.703. The highest BCUT2D eigenvalue weighted by molar-refractivity contribution is 6.16. The van der Waals surface area contributed by atoms with E-state index in [-0.39, 0.29) is 12.4 Å². The summed E-state index contributed by atoms with van der Waals surface area (Å²) in [7, 11) is 0. The number of nitrogens with zero attached hydrogens (tertiary/aromatic N) is 1. The molecule has 0 radical (unpaired) electrons. The van der Waals surface area contributed by atoms with Crippen LogP contribution in [-0.4, -0.2) is 5.16 Å². The Bertz CT molecular complexity index is 171. The van der Waals surface area contributed by atoms with E-state index in [4.69, 9.17) is 21.9 Å². The van der Waals surface area contributed by atoms with Crippen molar-refractivity contribution in [1.82, 2.24) is 5.16 Å². The van der Waals surface area contributed by atoms with Gasteiger partial charge in [0.25, 0.3) is 0 Å². The van der Waals surface area contributed by atoms with Gasteiger partial charge in [-0.25, -0.2) is 0 Å². The summed E-state index contributed by atoms with van der Waals surface area (Å²) in [5.41, 5.74) is 5.97. The number of hydrogen-bond donors (Lipinski definition) is 1. The maximum absolute atomic E-state index is 5.43. The van der Waals surface area contributed by atoms with Crippen molar-refractivity contribution >= 4 is 24.0 Å². The van der Waals surface area contributed by atoms with Gasteiger partial charge < -0.3 is 10.3 Å². The van der Waals surface area contributed by atoms with E-state index >= 15 is 0 Å². The van der Waals surface area contributed by atoms with E-state index in [1.807, 2.05) is 0 Å². The molecule has 0 unspecified atom stereocenters. The highest BCUT2D eigenvalue weighted by atomic mass is 35.5. The van der Waals surface area contributed by atoms with E-state index in [0.29, 0.717) is 18.2 Å². The van der Waals surface area contributed by atoms with Crippen LogP contribution in [0.15, 0.2) is 10.6 Å². The van der Waals surface area contributed by atoms with Crippen molar-refractivity contribution in [3.05, 3.63) is 17.5 Å². The van der Waals surface area contributed by atoms with Gasteiger partial charge in [0.15, 0.2) is 5.76 Å².